The van der Waals surface area contributed by atoms with E-state index in [0.717, 1.165) is 24.7 Å². The Balaban J connectivity index is 2.09. The molecule has 0 bridgehead atoms. The molecule has 1 unspecified atom stereocenters. The van der Waals surface area contributed by atoms with Crippen LogP contribution in [-0.2, 0) is 13.1 Å². The zero-order chi connectivity index (χ0) is 12.4. The number of nitrogens with two attached hydrogens (primary N) is 1. The first kappa shape index (κ1) is 12.4. The summed E-state index contributed by atoms with van der Waals surface area (Å²) < 4.78 is 0. The first-order valence-corrected chi connectivity index (χ1v) is 6.77. The van der Waals surface area contributed by atoms with Crippen LogP contribution in [0.3, 0.4) is 0 Å². The van der Waals surface area contributed by atoms with Crippen molar-refractivity contribution in [3.63, 3.8) is 0 Å². The van der Waals surface area contributed by atoms with Crippen molar-refractivity contribution in [2.75, 3.05) is 5.73 Å². The van der Waals surface area contributed by atoms with Crippen molar-refractivity contribution in [1.82, 2.24) is 4.90 Å². The predicted octanol–water partition coefficient (Wildman–Crippen LogP) is 3.41. The van der Waals surface area contributed by atoms with Crippen LogP contribution >= 0.6 is 0 Å². The summed E-state index contributed by atoms with van der Waals surface area (Å²) in [6, 6.07) is 7.00. The van der Waals surface area contributed by atoms with Gasteiger partial charge in [-0.05, 0) is 36.1 Å². The Labute approximate surface area is 105 Å². The minimum atomic E-state index is 0.665. The second kappa shape index (κ2) is 5.09. The molecule has 2 heteroatoms. The summed E-state index contributed by atoms with van der Waals surface area (Å²) in [6.07, 6.45) is 2.54. The highest BCUT2D eigenvalue weighted by molar-refractivity contribution is 5.46. The fourth-order valence-electron chi connectivity index (χ4n) is 3.00. The Morgan fingerprint density at radius 1 is 1.18 bits per heavy atom. The quantitative estimate of drug-likeness (QED) is 0.806. The lowest BCUT2D eigenvalue weighted by molar-refractivity contribution is 0.148. The fourth-order valence-corrected chi connectivity index (χ4v) is 3.00. The number of hydrogen-bond acceptors (Lipinski definition) is 2. The molecule has 94 valence electrons. The van der Waals surface area contributed by atoms with E-state index < -0.39 is 0 Å². The Hall–Kier alpha value is -1.02. The van der Waals surface area contributed by atoms with Crippen molar-refractivity contribution in [1.29, 1.82) is 0 Å². The normalized spacial score (nSPS) is 17.4. The molecule has 2 nitrogen and oxygen atoms in total. The largest absolute Gasteiger partial charge is 0.399 e. The van der Waals surface area contributed by atoms with Crippen molar-refractivity contribution in [2.24, 2.45) is 5.92 Å². The molecule has 0 spiro atoms. The number of benzene rings is 1. The maximum absolute atomic E-state index is 5.85. The molecule has 0 radical (unpaired) electrons. The molecule has 0 fully saturated rings. The van der Waals surface area contributed by atoms with Gasteiger partial charge in [0, 0.05) is 24.8 Å². The molecule has 0 amide bonds. The monoisotopic (exact) mass is 232 g/mol. The Kier molecular flexibility index (Phi) is 3.72. The molecule has 2 rings (SSSR count). The smallest absolute Gasteiger partial charge is 0.0317 e. The number of fused-ring (bicyclic) bond motifs is 1. The van der Waals surface area contributed by atoms with Crippen LogP contribution in [0.25, 0.3) is 0 Å². The maximum Gasteiger partial charge on any atom is 0.0317 e. The molecule has 1 aliphatic rings. The molecule has 1 heterocycles. The van der Waals surface area contributed by atoms with Gasteiger partial charge in [-0.3, -0.25) is 4.90 Å². The lowest BCUT2D eigenvalue weighted by Gasteiger charge is -2.30. The maximum atomic E-state index is 5.85. The summed E-state index contributed by atoms with van der Waals surface area (Å²) in [4.78, 5) is 2.59. The molecule has 1 aromatic rings. The van der Waals surface area contributed by atoms with Crippen LogP contribution in [-0.4, -0.2) is 10.9 Å². The molecule has 1 atom stereocenters. The van der Waals surface area contributed by atoms with Gasteiger partial charge in [0.15, 0.2) is 0 Å². The molecule has 2 N–H and O–H groups in total. The number of nitrogen functional groups attached to an aromatic ring is 1. The van der Waals surface area contributed by atoms with Gasteiger partial charge in [-0.15, -0.1) is 0 Å². The van der Waals surface area contributed by atoms with E-state index in [1.54, 1.807) is 0 Å². The van der Waals surface area contributed by atoms with Gasteiger partial charge in [0.25, 0.3) is 0 Å². The van der Waals surface area contributed by atoms with Crippen LogP contribution < -0.4 is 5.73 Å². The van der Waals surface area contributed by atoms with Crippen LogP contribution in [0.4, 0.5) is 5.69 Å². The van der Waals surface area contributed by atoms with E-state index in [1.165, 1.54) is 24.0 Å². The highest BCUT2D eigenvalue weighted by atomic mass is 15.2. The van der Waals surface area contributed by atoms with Gasteiger partial charge >= 0.3 is 0 Å². The van der Waals surface area contributed by atoms with Crippen molar-refractivity contribution in [2.45, 2.75) is 52.7 Å². The van der Waals surface area contributed by atoms with E-state index in [1.807, 2.05) is 6.07 Å². The molecule has 1 aromatic carbocycles. The van der Waals surface area contributed by atoms with Crippen LogP contribution in [0.15, 0.2) is 18.2 Å². The number of rotatable bonds is 4. The van der Waals surface area contributed by atoms with Crippen molar-refractivity contribution in [3.8, 4) is 0 Å². The lowest BCUT2D eigenvalue weighted by atomic mass is 9.94. The van der Waals surface area contributed by atoms with Crippen molar-refractivity contribution in [3.05, 3.63) is 29.3 Å². The van der Waals surface area contributed by atoms with Crippen LogP contribution in [0.5, 0.6) is 0 Å². The van der Waals surface area contributed by atoms with Crippen LogP contribution in [0.2, 0.25) is 0 Å². The standard InChI is InChI=1S/C15H24N2/c1-4-12(5-2)11(3)17-9-13-6-7-15(16)8-14(13)10-17/h6-8,11-12H,4-5,9-10,16H2,1-3H3. The topological polar surface area (TPSA) is 29.3 Å². The minimum Gasteiger partial charge on any atom is -0.399 e. The number of nitrogens with zero attached hydrogens (tertiary/aromatic N) is 1. The zero-order valence-corrected chi connectivity index (χ0v) is 11.2. The SMILES string of the molecule is CCC(CC)C(C)N1Cc2ccc(N)cc2C1. The third-order valence-electron chi connectivity index (χ3n) is 4.28. The van der Waals surface area contributed by atoms with E-state index in [0.29, 0.717) is 6.04 Å². The van der Waals surface area contributed by atoms with Gasteiger partial charge in [0.05, 0.1) is 0 Å². The summed E-state index contributed by atoms with van der Waals surface area (Å²) in [6.45, 7) is 9.12. The van der Waals surface area contributed by atoms with Gasteiger partial charge in [-0.1, -0.05) is 32.8 Å². The van der Waals surface area contributed by atoms with Gasteiger partial charge in [-0.2, -0.15) is 0 Å². The summed E-state index contributed by atoms with van der Waals surface area (Å²) in [5.74, 6) is 0.807. The Bertz CT molecular complexity index is 383. The summed E-state index contributed by atoms with van der Waals surface area (Å²) in [5.41, 5.74) is 9.61. The molecular formula is C15H24N2. The van der Waals surface area contributed by atoms with E-state index >= 15 is 0 Å². The third kappa shape index (κ3) is 2.47. The molecule has 0 saturated carbocycles. The second-order valence-electron chi connectivity index (χ2n) is 5.25. The summed E-state index contributed by atoms with van der Waals surface area (Å²) in [7, 11) is 0. The summed E-state index contributed by atoms with van der Waals surface area (Å²) >= 11 is 0. The van der Waals surface area contributed by atoms with Crippen LogP contribution in [0.1, 0.15) is 44.7 Å². The Morgan fingerprint density at radius 3 is 2.47 bits per heavy atom. The highest BCUT2D eigenvalue weighted by Crippen LogP contribution is 2.29. The van der Waals surface area contributed by atoms with E-state index in [-0.39, 0.29) is 0 Å². The number of hydrogen-bond donors (Lipinski definition) is 1. The average Bonchev–Trinajstić information content (AvgIpc) is 2.73. The predicted molar refractivity (Wildman–Crippen MR) is 73.6 cm³/mol. The molecule has 1 aliphatic heterocycles. The number of anilines is 1. The van der Waals surface area contributed by atoms with Gasteiger partial charge in [-0.25, -0.2) is 0 Å². The summed E-state index contributed by atoms with van der Waals surface area (Å²) in [5, 5.41) is 0. The highest BCUT2D eigenvalue weighted by Gasteiger charge is 2.26. The van der Waals surface area contributed by atoms with Gasteiger partial charge < -0.3 is 5.73 Å². The van der Waals surface area contributed by atoms with Gasteiger partial charge in [0.1, 0.15) is 0 Å². The third-order valence-corrected chi connectivity index (χ3v) is 4.28. The molecule has 17 heavy (non-hydrogen) atoms. The molecular weight excluding hydrogens is 208 g/mol. The van der Waals surface area contributed by atoms with E-state index in [2.05, 4.69) is 37.8 Å². The second-order valence-corrected chi connectivity index (χ2v) is 5.25. The molecule has 0 aromatic heterocycles. The first-order chi connectivity index (χ1) is 8.15. The average molecular weight is 232 g/mol. The van der Waals surface area contributed by atoms with E-state index in [4.69, 9.17) is 5.73 Å². The van der Waals surface area contributed by atoms with Crippen LogP contribution in [0, 0.1) is 5.92 Å². The molecule has 0 saturated heterocycles. The fraction of sp³-hybridized carbons (Fsp3) is 0.600. The molecule has 0 aliphatic carbocycles. The minimum absolute atomic E-state index is 0.665. The zero-order valence-electron chi connectivity index (χ0n) is 11.2. The van der Waals surface area contributed by atoms with Crippen molar-refractivity contribution < 1.29 is 0 Å². The lowest BCUT2D eigenvalue weighted by Crippen LogP contribution is -2.34. The van der Waals surface area contributed by atoms with Gasteiger partial charge in [0.2, 0.25) is 0 Å². The van der Waals surface area contributed by atoms with E-state index in [9.17, 15) is 0 Å². The first-order valence-electron chi connectivity index (χ1n) is 6.77. The Morgan fingerprint density at radius 2 is 1.82 bits per heavy atom. The van der Waals surface area contributed by atoms with Crippen molar-refractivity contribution >= 4 is 5.69 Å².